The molecule has 0 aromatic heterocycles. The molecule has 3 rings (SSSR count). The van der Waals surface area contributed by atoms with Crippen molar-refractivity contribution in [1.82, 2.24) is 15.5 Å². The Hall–Kier alpha value is -2.58. The van der Waals surface area contributed by atoms with Gasteiger partial charge in [0, 0.05) is 11.6 Å². The summed E-state index contributed by atoms with van der Waals surface area (Å²) in [6.07, 6.45) is -1.89. The monoisotopic (exact) mass is 369 g/mol. The number of imide groups is 1. The predicted octanol–water partition coefficient (Wildman–Crippen LogP) is 2.56. The number of rotatable bonds is 3. The second kappa shape index (κ2) is 6.62. The van der Waals surface area contributed by atoms with Gasteiger partial charge in [-0.25, -0.2) is 4.79 Å². The minimum absolute atomic E-state index is 0.0470. The molecule has 1 atom stereocenters. The van der Waals surface area contributed by atoms with Crippen LogP contribution in [0.5, 0.6) is 0 Å². The lowest BCUT2D eigenvalue weighted by atomic mass is 9.94. The van der Waals surface area contributed by atoms with E-state index in [1.54, 1.807) is 16.7 Å². The Morgan fingerprint density at radius 2 is 1.73 bits per heavy atom. The van der Waals surface area contributed by atoms with E-state index in [9.17, 15) is 27.6 Å². The number of nitrogens with one attached hydrogen (secondary N) is 2. The van der Waals surface area contributed by atoms with Crippen LogP contribution in [0.1, 0.15) is 42.5 Å². The van der Waals surface area contributed by atoms with Crippen LogP contribution in [0.3, 0.4) is 0 Å². The maximum atomic E-state index is 13.8. The number of carbonyl (C=O) groups excluding carboxylic acids is 3. The molecular formula is C17H18F3N3O3. The van der Waals surface area contributed by atoms with Gasteiger partial charge in [-0.3, -0.25) is 19.8 Å². The third kappa shape index (κ3) is 3.02. The summed E-state index contributed by atoms with van der Waals surface area (Å²) < 4.78 is 41.3. The second-order valence-corrected chi connectivity index (χ2v) is 6.47. The summed E-state index contributed by atoms with van der Waals surface area (Å²) in [6.45, 7) is 0. The minimum atomic E-state index is -5.19. The molecule has 0 bridgehead atoms. The van der Waals surface area contributed by atoms with E-state index in [1.807, 2.05) is 0 Å². The second-order valence-electron chi connectivity index (χ2n) is 6.47. The van der Waals surface area contributed by atoms with Crippen molar-refractivity contribution in [1.29, 1.82) is 0 Å². The number of carbonyl (C=O) groups is 3. The lowest BCUT2D eigenvalue weighted by molar-refractivity contribution is -0.200. The van der Waals surface area contributed by atoms with Crippen molar-refractivity contribution in [3.8, 4) is 0 Å². The molecule has 4 amide bonds. The van der Waals surface area contributed by atoms with Gasteiger partial charge in [0.25, 0.3) is 17.5 Å². The molecule has 2 aliphatic rings. The Morgan fingerprint density at radius 1 is 1.12 bits per heavy atom. The van der Waals surface area contributed by atoms with Gasteiger partial charge in [0.2, 0.25) is 0 Å². The van der Waals surface area contributed by atoms with E-state index in [2.05, 4.69) is 0 Å². The standard InChI is InChI=1S/C17H18F3N3O3/c18-17(19,20)16(21-13(24)11-7-3-1-4-8-11)14(25)23(15(26)22-16)12-9-5-2-6-10-12/h1,3-4,7-8,12H,2,5-6,9-10H2,(H,21,24)(H,22,26)/t16-/m1/s1. The van der Waals surface area contributed by atoms with Crippen LogP contribution in [0.15, 0.2) is 30.3 Å². The number of halogens is 3. The molecule has 1 heterocycles. The highest BCUT2D eigenvalue weighted by atomic mass is 19.4. The number of hydrogen-bond donors (Lipinski definition) is 2. The van der Waals surface area contributed by atoms with Crippen molar-refractivity contribution in [2.45, 2.75) is 50.0 Å². The molecule has 140 valence electrons. The van der Waals surface area contributed by atoms with Gasteiger partial charge >= 0.3 is 12.2 Å². The van der Waals surface area contributed by atoms with Gasteiger partial charge in [-0.1, -0.05) is 37.5 Å². The number of alkyl halides is 3. The molecule has 9 heteroatoms. The quantitative estimate of drug-likeness (QED) is 0.804. The SMILES string of the molecule is O=C(N[C@@]1(C(F)(F)F)NC(=O)N(C2CCCCC2)C1=O)c1ccccc1. The van der Waals surface area contributed by atoms with Crippen LogP contribution in [0.25, 0.3) is 0 Å². The Morgan fingerprint density at radius 3 is 2.31 bits per heavy atom. The molecule has 2 N–H and O–H groups in total. The summed E-state index contributed by atoms with van der Waals surface area (Å²) in [5.74, 6) is -2.58. The van der Waals surface area contributed by atoms with Gasteiger partial charge in [0.15, 0.2) is 0 Å². The molecule has 1 aromatic carbocycles. The van der Waals surface area contributed by atoms with Gasteiger partial charge in [-0.15, -0.1) is 0 Å². The lowest BCUT2D eigenvalue weighted by Gasteiger charge is -2.32. The highest BCUT2D eigenvalue weighted by Gasteiger charge is 2.69. The Labute approximate surface area is 147 Å². The molecule has 0 unspecified atom stereocenters. The topological polar surface area (TPSA) is 78.5 Å². The van der Waals surface area contributed by atoms with E-state index in [0.29, 0.717) is 17.7 Å². The largest absolute Gasteiger partial charge is 0.440 e. The molecule has 26 heavy (non-hydrogen) atoms. The van der Waals surface area contributed by atoms with Gasteiger partial charge < -0.3 is 5.32 Å². The smallest absolute Gasteiger partial charge is 0.314 e. The predicted molar refractivity (Wildman–Crippen MR) is 84.9 cm³/mol. The first-order valence-electron chi connectivity index (χ1n) is 8.36. The molecule has 6 nitrogen and oxygen atoms in total. The van der Waals surface area contributed by atoms with Crippen LogP contribution in [-0.2, 0) is 4.79 Å². The summed E-state index contributed by atoms with van der Waals surface area (Å²) in [5.41, 5.74) is -3.50. The van der Waals surface area contributed by atoms with Gasteiger partial charge in [0.05, 0.1) is 0 Å². The zero-order chi connectivity index (χ0) is 18.9. The average molecular weight is 369 g/mol. The van der Waals surface area contributed by atoms with Crippen LogP contribution in [0.4, 0.5) is 18.0 Å². The lowest BCUT2D eigenvalue weighted by Crippen LogP contribution is -2.69. The van der Waals surface area contributed by atoms with Crippen molar-refractivity contribution in [3.63, 3.8) is 0 Å². The minimum Gasteiger partial charge on any atom is -0.314 e. The summed E-state index contributed by atoms with van der Waals surface area (Å²) >= 11 is 0. The fraction of sp³-hybridized carbons (Fsp3) is 0.471. The highest BCUT2D eigenvalue weighted by molar-refractivity contribution is 6.10. The fourth-order valence-electron chi connectivity index (χ4n) is 3.40. The third-order valence-corrected chi connectivity index (χ3v) is 4.75. The number of nitrogens with zero attached hydrogens (tertiary/aromatic N) is 1. The molecule has 1 aliphatic heterocycles. The summed E-state index contributed by atoms with van der Waals surface area (Å²) in [5, 5.41) is 3.40. The molecule has 0 radical (unpaired) electrons. The van der Waals surface area contributed by atoms with Crippen LogP contribution in [0, 0.1) is 0 Å². The van der Waals surface area contributed by atoms with Crippen LogP contribution < -0.4 is 10.6 Å². The first kappa shape index (κ1) is 18.2. The molecule has 1 aromatic rings. The fourth-order valence-corrected chi connectivity index (χ4v) is 3.40. The van der Waals surface area contributed by atoms with E-state index in [-0.39, 0.29) is 5.56 Å². The Balaban J connectivity index is 1.92. The number of urea groups is 1. The van der Waals surface area contributed by atoms with Crippen molar-refractivity contribution in [2.75, 3.05) is 0 Å². The average Bonchev–Trinajstić information content (AvgIpc) is 2.87. The van der Waals surface area contributed by atoms with Gasteiger partial charge in [-0.05, 0) is 25.0 Å². The van der Waals surface area contributed by atoms with Crippen LogP contribution in [0.2, 0.25) is 0 Å². The van der Waals surface area contributed by atoms with Crippen LogP contribution in [-0.4, -0.2) is 40.6 Å². The van der Waals surface area contributed by atoms with Crippen LogP contribution >= 0.6 is 0 Å². The Bertz CT molecular complexity index is 717. The zero-order valence-electron chi connectivity index (χ0n) is 13.8. The first-order chi connectivity index (χ1) is 12.3. The first-order valence-corrected chi connectivity index (χ1v) is 8.36. The molecule has 0 spiro atoms. The summed E-state index contributed by atoms with van der Waals surface area (Å²) in [4.78, 5) is 37.7. The van der Waals surface area contributed by atoms with Gasteiger partial charge in [0.1, 0.15) is 0 Å². The van der Waals surface area contributed by atoms with Crippen molar-refractivity contribution in [3.05, 3.63) is 35.9 Å². The normalized spacial score (nSPS) is 24.5. The van der Waals surface area contributed by atoms with Crippen molar-refractivity contribution >= 4 is 17.8 Å². The van der Waals surface area contributed by atoms with Crippen molar-refractivity contribution in [2.24, 2.45) is 0 Å². The molecule has 1 saturated heterocycles. The maximum Gasteiger partial charge on any atom is 0.440 e. The van der Waals surface area contributed by atoms with E-state index in [4.69, 9.17) is 0 Å². The number of amides is 4. The summed E-state index contributed by atoms with van der Waals surface area (Å²) in [7, 11) is 0. The van der Waals surface area contributed by atoms with Crippen molar-refractivity contribution < 1.29 is 27.6 Å². The van der Waals surface area contributed by atoms with E-state index in [0.717, 1.165) is 19.3 Å². The summed E-state index contributed by atoms with van der Waals surface area (Å²) in [6, 6.07) is 5.49. The molecule has 1 aliphatic carbocycles. The maximum absolute atomic E-state index is 13.8. The zero-order valence-corrected chi connectivity index (χ0v) is 13.8. The molecular weight excluding hydrogens is 351 g/mol. The van der Waals surface area contributed by atoms with E-state index >= 15 is 0 Å². The highest BCUT2D eigenvalue weighted by Crippen LogP contribution is 2.36. The number of benzene rings is 1. The Kier molecular flexibility index (Phi) is 4.64. The number of hydrogen-bond acceptors (Lipinski definition) is 3. The van der Waals surface area contributed by atoms with Gasteiger partial charge in [-0.2, -0.15) is 13.2 Å². The van der Waals surface area contributed by atoms with E-state index < -0.39 is 35.7 Å². The van der Waals surface area contributed by atoms with E-state index in [1.165, 1.54) is 24.3 Å². The molecule has 1 saturated carbocycles. The third-order valence-electron chi connectivity index (χ3n) is 4.75. The molecule has 2 fully saturated rings.